The van der Waals surface area contributed by atoms with Crippen LogP contribution in [0.2, 0.25) is 0 Å². The topological polar surface area (TPSA) is 49.4 Å². The van der Waals surface area contributed by atoms with E-state index in [4.69, 9.17) is 12.2 Å². The van der Waals surface area contributed by atoms with Gasteiger partial charge in [-0.1, -0.05) is 78.6 Å². The Labute approximate surface area is 164 Å². The summed E-state index contributed by atoms with van der Waals surface area (Å²) in [5.74, 6) is -0.301. The fourth-order valence-electron chi connectivity index (χ4n) is 2.29. The summed E-state index contributed by atoms with van der Waals surface area (Å²) in [6, 6.07) is 18.7. The van der Waals surface area contributed by atoms with Gasteiger partial charge < -0.3 is 0 Å². The Morgan fingerprint density at radius 3 is 2.38 bits per heavy atom. The summed E-state index contributed by atoms with van der Waals surface area (Å²) < 4.78 is 12.7. The second-order valence-corrected chi connectivity index (χ2v) is 8.36. The zero-order valence-electron chi connectivity index (χ0n) is 13.9. The van der Waals surface area contributed by atoms with Crippen molar-refractivity contribution in [3.8, 4) is 0 Å². The molecule has 0 spiro atoms. The molecule has 0 saturated carbocycles. The lowest BCUT2D eigenvalue weighted by atomic mass is 10.1. The monoisotopic (exact) mass is 400 g/mol. The van der Waals surface area contributed by atoms with Crippen molar-refractivity contribution >= 4 is 51.3 Å². The van der Waals surface area contributed by atoms with Crippen LogP contribution in [-0.2, 0) is 15.8 Å². The van der Waals surface area contributed by atoms with Crippen molar-refractivity contribution < 1.29 is 9.00 Å². The molecule has 1 fully saturated rings. The van der Waals surface area contributed by atoms with E-state index in [0.717, 1.165) is 11.1 Å². The lowest BCUT2D eigenvalue weighted by Gasteiger charge is -2.14. The van der Waals surface area contributed by atoms with E-state index in [9.17, 15) is 9.00 Å². The van der Waals surface area contributed by atoms with Gasteiger partial charge >= 0.3 is 0 Å². The van der Waals surface area contributed by atoms with Crippen LogP contribution >= 0.6 is 24.0 Å². The summed E-state index contributed by atoms with van der Waals surface area (Å²) in [4.78, 5) is 16.3. The van der Waals surface area contributed by atoms with E-state index < -0.39 is 11.0 Å². The van der Waals surface area contributed by atoms with Crippen molar-refractivity contribution in [2.45, 2.75) is 11.8 Å². The van der Waals surface area contributed by atoms with Crippen LogP contribution in [0.25, 0.3) is 6.08 Å². The molecule has 2 aromatic rings. The smallest absolute Gasteiger partial charge is 0.267 e. The molecule has 0 bridgehead atoms. The summed E-state index contributed by atoms with van der Waals surface area (Å²) in [7, 11) is -1.56. The molecule has 1 aliphatic rings. The molecule has 1 heterocycles. The molecule has 1 unspecified atom stereocenters. The van der Waals surface area contributed by atoms with E-state index in [-0.39, 0.29) is 5.91 Å². The molecule has 1 N–H and O–H groups in total. The van der Waals surface area contributed by atoms with Crippen molar-refractivity contribution in [2.75, 3.05) is 0 Å². The van der Waals surface area contributed by atoms with Gasteiger partial charge in [-0.3, -0.25) is 4.79 Å². The highest BCUT2D eigenvalue weighted by Crippen LogP contribution is 2.31. The standard InChI is InChI=1S/C19H16N2O2S3/c1-14(12-15-8-4-2-5-9-15)13-17-18(22)21(19(24)25-17)20-26(23)16-10-6-3-7-11-16/h2-13,20H,1H3/b14-12+,17-13-. The van der Waals surface area contributed by atoms with Crippen LogP contribution in [0.1, 0.15) is 12.5 Å². The SMILES string of the molecule is CC(/C=C1\SC(=S)N(NS(=O)c2ccccc2)C1=O)=C\c1ccccc1. The fraction of sp³-hybridized carbons (Fsp3) is 0.0526. The van der Waals surface area contributed by atoms with Crippen LogP contribution in [0, 0.1) is 0 Å². The van der Waals surface area contributed by atoms with E-state index in [0.29, 0.717) is 14.1 Å². The minimum atomic E-state index is -1.56. The van der Waals surface area contributed by atoms with Crippen LogP contribution in [0.15, 0.2) is 82.1 Å². The molecule has 0 radical (unpaired) electrons. The minimum absolute atomic E-state index is 0.301. The Kier molecular flexibility index (Phi) is 6.16. The van der Waals surface area contributed by atoms with Crippen molar-refractivity contribution in [3.05, 3.63) is 82.8 Å². The third-order valence-corrected chi connectivity index (χ3v) is 5.83. The Morgan fingerprint density at radius 1 is 1.12 bits per heavy atom. The summed E-state index contributed by atoms with van der Waals surface area (Å²) in [6.45, 7) is 1.93. The highest BCUT2D eigenvalue weighted by atomic mass is 32.2. The Bertz CT molecular complexity index is 909. The van der Waals surface area contributed by atoms with Gasteiger partial charge in [-0.05, 0) is 36.3 Å². The van der Waals surface area contributed by atoms with Gasteiger partial charge in [0.1, 0.15) is 11.0 Å². The second kappa shape index (κ2) is 8.55. The molecule has 2 aromatic carbocycles. The third-order valence-electron chi connectivity index (χ3n) is 3.48. The van der Waals surface area contributed by atoms with Crippen molar-refractivity contribution in [1.82, 2.24) is 9.84 Å². The van der Waals surface area contributed by atoms with E-state index >= 15 is 0 Å². The number of thioether (sulfide) groups is 1. The maximum atomic E-state index is 12.6. The third kappa shape index (κ3) is 4.56. The fourth-order valence-corrected chi connectivity index (χ4v) is 4.48. The van der Waals surface area contributed by atoms with Crippen LogP contribution in [-0.4, -0.2) is 19.4 Å². The largest absolute Gasteiger partial charge is 0.281 e. The zero-order valence-corrected chi connectivity index (χ0v) is 16.4. The first-order valence-electron chi connectivity index (χ1n) is 7.79. The number of rotatable bonds is 5. The molecule has 26 heavy (non-hydrogen) atoms. The molecule has 132 valence electrons. The van der Waals surface area contributed by atoms with Gasteiger partial charge in [-0.25, -0.2) is 9.22 Å². The first-order chi connectivity index (χ1) is 12.5. The number of thiocarbonyl (C=S) groups is 1. The first-order valence-corrected chi connectivity index (χ1v) is 10.2. The maximum Gasteiger partial charge on any atom is 0.281 e. The van der Waals surface area contributed by atoms with Gasteiger partial charge in [0.05, 0.1) is 9.80 Å². The molecule has 1 saturated heterocycles. The average molecular weight is 401 g/mol. The number of carbonyl (C=O) groups is 1. The molecule has 1 aliphatic heterocycles. The van der Waals surface area contributed by atoms with Crippen LogP contribution in [0.5, 0.6) is 0 Å². The highest BCUT2D eigenvalue weighted by Gasteiger charge is 2.33. The highest BCUT2D eigenvalue weighted by molar-refractivity contribution is 8.26. The number of nitrogens with one attached hydrogen (secondary N) is 1. The molecule has 3 rings (SSSR count). The Morgan fingerprint density at radius 2 is 1.73 bits per heavy atom. The Hall–Kier alpha value is -2.06. The maximum absolute atomic E-state index is 12.6. The van der Waals surface area contributed by atoms with Gasteiger partial charge in [0.15, 0.2) is 4.32 Å². The molecule has 1 atom stereocenters. The molecular weight excluding hydrogens is 384 g/mol. The zero-order chi connectivity index (χ0) is 18.5. The van der Waals surface area contributed by atoms with Gasteiger partial charge in [0, 0.05) is 0 Å². The minimum Gasteiger partial charge on any atom is -0.267 e. The van der Waals surface area contributed by atoms with Crippen molar-refractivity contribution in [2.24, 2.45) is 0 Å². The van der Waals surface area contributed by atoms with Crippen molar-refractivity contribution in [1.29, 1.82) is 0 Å². The molecule has 0 aromatic heterocycles. The molecule has 1 amide bonds. The van der Waals surface area contributed by atoms with E-state index in [2.05, 4.69) is 4.83 Å². The number of carbonyl (C=O) groups excluding carboxylic acids is 1. The summed E-state index contributed by atoms with van der Waals surface area (Å²) >= 11 is 6.45. The van der Waals surface area contributed by atoms with Crippen LogP contribution < -0.4 is 4.83 Å². The lowest BCUT2D eigenvalue weighted by Crippen LogP contribution is -2.42. The number of hydrogen-bond donors (Lipinski definition) is 1. The Balaban J connectivity index is 1.74. The van der Waals surface area contributed by atoms with Gasteiger partial charge in [-0.15, -0.1) is 4.83 Å². The van der Waals surface area contributed by atoms with Crippen LogP contribution in [0.4, 0.5) is 0 Å². The van der Waals surface area contributed by atoms with Gasteiger partial charge in [-0.2, -0.15) is 0 Å². The lowest BCUT2D eigenvalue weighted by molar-refractivity contribution is -0.123. The summed E-state index contributed by atoms with van der Waals surface area (Å²) in [5.41, 5.74) is 1.99. The molecule has 0 aliphatic carbocycles. The summed E-state index contributed by atoms with van der Waals surface area (Å²) in [5, 5.41) is 1.17. The predicted octanol–water partition coefficient (Wildman–Crippen LogP) is 4.06. The number of benzene rings is 2. The average Bonchev–Trinajstić information content (AvgIpc) is 2.90. The molecule has 7 heteroatoms. The van der Waals surface area contributed by atoms with E-state index in [1.54, 1.807) is 30.3 Å². The summed E-state index contributed by atoms with van der Waals surface area (Å²) in [6.07, 6.45) is 3.78. The number of nitrogens with zero attached hydrogens (tertiary/aromatic N) is 1. The van der Waals surface area contributed by atoms with Crippen molar-refractivity contribution in [3.63, 3.8) is 0 Å². The predicted molar refractivity (Wildman–Crippen MR) is 111 cm³/mol. The van der Waals surface area contributed by atoms with E-state index in [1.807, 2.05) is 49.4 Å². The number of amides is 1. The molecule has 4 nitrogen and oxygen atoms in total. The van der Waals surface area contributed by atoms with Crippen LogP contribution in [0.3, 0.4) is 0 Å². The molecular formula is C19H16N2O2S3. The quantitative estimate of drug-likeness (QED) is 0.607. The van der Waals surface area contributed by atoms with E-state index in [1.165, 1.54) is 16.8 Å². The second-order valence-electron chi connectivity index (χ2n) is 5.49. The number of allylic oxidation sites excluding steroid dienone is 2. The van der Waals surface area contributed by atoms with Gasteiger partial charge in [0.25, 0.3) is 5.91 Å². The normalized spacial score (nSPS) is 17.8. The number of hydrogen-bond acceptors (Lipinski definition) is 4. The van der Waals surface area contributed by atoms with Gasteiger partial charge in [0.2, 0.25) is 0 Å². The number of hydrazine groups is 1. The first kappa shape index (κ1) is 18.7.